The van der Waals surface area contributed by atoms with Crippen molar-refractivity contribution in [3.63, 3.8) is 0 Å². The smallest absolute Gasteiger partial charge is 0.264 e. The first-order valence-corrected chi connectivity index (χ1v) is 16.9. The lowest BCUT2D eigenvalue weighted by molar-refractivity contribution is -0.139. The molecule has 0 aromatic heterocycles. The molecule has 3 aromatic rings. The van der Waals surface area contributed by atoms with Crippen LogP contribution in [0.5, 0.6) is 5.75 Å². The summed E-state index contributed by atoms with van der Waals surface area (Å²) in [6, 6.07) is 17.6. The van der Waals surface area contributed by atoms with Crippen LogP contribution in [0.2, 0.25) is 5.02 Å². The van der Waals surface area contributed by atoms with Crippen LogP contribution in [0.1, 0.15) is 50.2 Å². The summed E-state index contributed by atoms with van der Waals surface area (Å²) < 4.78 is 35.6. The summed E-state index contributed by atoms with van der Waals surface area (Å²) in [5.41, 5.74) is 1.79. The molecular formula is C32H37BrClN3O5S. The molecular weight excluding hydrogens is 654 g/mol. The molecule has 43 heavy (non-hydrogen) atoms. The van der Waals surface area contributed by atoms with Crippen LogP contribution in [0.25, 0.3) is 0 Å². The van der Waals surface area contributed by atoms with Crippen LogP contribution in [0.3, 0.4) is 0 Å². The highest BCUT2D eigenvalue weighted by molar-refractivity contribution is 9.10. The molecule has 0 bridgehead atoms. The first-order valence-electron chi connectivity index (χ1n) is 14.3. The summed E-state index contributed by atoms with van der Waals surface area (Å²) in [5, 5.41) is 3.39. The first-order chi connectivity index (χ1) is 20.5. The van der Waals surface area contributed by atoms with E-state index < -0.39 is 28.5 Å². The van der Waals surface area contributed by atoms with E-state index in [1.165, 1.54) is 30.2 Å². The average molecular weight is 691 g/mol. The van der Waals surface area contributed by atoms with E-state index in [-0.39, 0.29) is 39.8 Å². The maximum Gasteiger partial charge on any atom is 0.264 e. The second kappa shape index (κ2) is 14.6. The van der Waals surface area contributed by atoms with Gasteiger partial charge in [0.2, 0.25) is 11.8 Å². The van der Waals surface area contributed by atoms with Crippen LogP contribution in [0.15, 0.2) is 76.1 Å². The largest absolute Gasteiger partial charge is 0.495 e. The minimum atomic E-state index is -4.26. The van der Waals surface area contributed by atoms with Crippen molar-refractivity contribution in [2.24, 2.45) is 0 Å². The standard InChI is InChI=1S/C32H37BrClN3O5S/c1-22-12-15-28(16-13-22)43(40,41)37(29-19-26(34)14-17-30(29)42-3)21-31(38)36(20-24-8-7-9-25(33)18-24)23(2)32(39)35-27-10-5-4-6-11-27/h7-9,12-19,23,27H,4-6,10-11,20-21H2,1-3H3,(H,35,39)/t23-/m1/s1. The van der Waals surface area contributed by atoms with Crippen molar-refractivity contribution in [3.8, 4) is 5.75 Å². The molecule has 0 radical (unpaired) electrons. The lowest BCUT2D eigenvalue weighted by Gasteiger charge is -2.33. The highest BCUT2D eigenvalue weighted by atomic mass is 79.9. The van der Waals surface area contributed by atoms with E-state index >= 15 is 0 Å². The molecule has 11 heteroatoms. The second-order valence-electron chi connectivity index (χ2n) is 10.8. The fraction of sp³-hybridized carbons (Fsp3) is 0.375. The molecule has 8 nitrogen and oxygen atoms in total. The van der Waals surface area contributed by atoms with Crippen LogP contribution in [-0.4, -0.2) is 50.9 Å². The molecule has 1 aliphatic rings. The number of hydrogen-bond donors (Lipinski definition) is 1. The molecule has 0 aliphatic heterocycles. The summed E-state index contributed by atoms with van der Waals surface area (Å²) in [6.07, 6.45) is 5.04. The van der Waals surface area contributed by atoms with Gasteiger partial charge in [0.15, 0.2) is 0 Å². The van der Waals surface area contributed by atoms with E-state index in [1.807, 2.05) is 31.2 Å². The van der Waals surface area contributed by atoms with Crippen LogP contribution in [0, 0.1) is 6.92 Å². The molecule has 0 spiro atoms. The molecule has 0 heterocycles. The van der Waals surface area contributed by atoms with Gasteiger partial charge in [-0.3, -0.25) is 13.9 Å². The monoisotopic (exact) mass is 689 g/mol. The highest BCUT2D eigenvalue weighted by Crippen LogP contribution is 2.35. The number of ether oxygens (including phenoxy) is 1. The van der Waals surface area contributed by atoms with Crippen molar-refractivity contribution >= 4 is 55.1 Å². The van der Waals surface area contributed by atoms with Crippen molar-refractivity contribution in [1.82, 2.24) is 10.2 Å². The third-order valence-electron chi connectivity index (χ3n) is 7.66. The van der Waals surface area contributed by atoms with E-state index in [2.05, 4.69) is 21.2 Å². The average Bonchev–Trinajstić information content (AvgIpc) is 2.99. The molecule has 0 unspecified atom stereocenters. The summed E-state index contributed by atoms with van der Waals surface area (Å²) in [4.78, 5) is 29.1. The van der Waals surface area contributed by atoms with Crippen LogP contribution < -0.4 is 14.4 Å². The number of sulfonamides is 1. The Balaban J connectivity index is 1.73. The molecule has 4 rings (SSSR count). The Morgan fingerprint density at radius 2 is 1.74 bits per heavy atom. The van der Waals surface area contributed by atoms with Gasteiger partial charge in [-0.25, -0.2) is 8.42 Å². The van der Waals surface area contributed by atoms with E-state index in [9.17, 15) is 18.0 Å². The number of rotatable bonds is 11. The molecule has 1 atom stereocenters. The predicted molar refractivity (Wildman–Crippen MR) is 173 cm³/mol. The molecule has 1 fully saturated rings. The number of nitrogens with one attached hydrogen (secondary N) is 1. The number of carbonyl (C=O) groups is 2. The van der Waals surface area contributed by atoms with Crippen molar-refractivity contribution in [2.45, 2.75) is 69.5 Å². The molecule has 1 aliphatic carbocycles. The third-order valence-corrected chi connectivity index (χ3v) is 10.2. The van der Waals surface area contributed by atoms with Gasteiger partial charge in [-0.2, -0.15) is 0 Å². The summed E-state index contributed by atoms with van der Waals surface area (Å²) >= 11 is 9.79. The Kier molecular flexibility index (Phi) is 11.1. The second-order valence-corrected chi connectivity index (χ2v) is 14.0. The maximum absolute atomic E-state index is 14.2. The van der Waals surface area contributed by atoms with Gasteiger partial charge in [0.1, 0.15) is 18.3 Å². The molecule has 1 saturated carbocycles. The fourth-order valence-corrected chi connectivity index (χ4v) is 7.22. The van der Waals surface area contributed by atoms with Gasteiger partial charge in [-0.05, 0) is 74.7 Å². The number of anilines is 1. The number of aryl methyl sites for hydroxylation is 1. The zero-order valence-electron chi connectivity index (χ0n) is 24.6. The van der Waals surface area contributed by atoms with Gasteiger partial charge in [0.05, 0.1) is 17.7 Å². The van der Waals surface area contributed by atoms with Gasteiger partial charge >= 0.3 is 0 Å². The van der Waals surface area contributed by atoms with Crippen molar-refractivity contribution in [2.75, 3.05) is 18.0 Å². The Morgan fingerprint density at radius 1 is 1.05 bits per heavy atom. The van der Waals surface area contributed by atoms with Gasteiger partial charge in [0.25, 0.3) is 10.0 Å². The van der Waals surface area contributed by atoms with Crippen molar-refractivity contribution in [1.29, 1.82) is 0 Å². The van der Waals surface area contributed by atoms with E-state index in [1.54, 1.807) is 31.2 Å². The van der Waals surface area contributed by atoms with Gasteiger partial charge in [0, 0.05) is 22.1 Å². The minimum Gasteiger partial charge on any atom is -0.495 e. The summed E-state index contributed by atoms with van der Waals surface area (Å²) in [6.45, 7) is 3.05. The third kappa shape index (κ3) is 8.31. The Bertz CT molecular complexity index is 1540. The minimum absolute atomic E-state index is 0.00885. The Morgan fingerprint density at radius 3 is 2.40 bits per heavy atom. The Hall–Kier alpha value is -3.08. The Labute approximate surface area is 267 Å². The number of carbonyl (C=O) groups excluding carboxylic acids is 2. The normalized spacial score (nSPS) is 14.5. The number of hydrogen-bond acceptors (Lipinski definition) is 5. The molecule has 1 N–H and O–H groups in total. The maximum atomic E-state index is 14.2. The highest BCUT2D eigenvalue weighted by Gasteiger charge is 2.34. The van der Waals surface area contributed by atoms with E-state index in [0.29, 0.717) is 0 Å². The van der Waals surface area contributed by atoms with E-state index in [4.69, 9.17) is 16.3 Å². The van der Waals surface area contributed by atoms with Crippen LogP contribution >= 0.6 is 27.5 Å². The molecule has 230 valence electrons. The number of nitrogens with zero attached hydrogens (tertiary/aromatic N) is 2. The van der Waals surface area contributed by atoms with Crippen molar-refractivity contribution < 1.29 is 22.7 Å². The first kappa shape index (κ1) is 32.8. The van der Waals surface area contributed by atoms with Crippen LogP contribution in [0.4, 0.5) is 5.69 Å². The van der Waals surface area contributed by atoms with Gasteiger partial charge < -0.3 is 15.0 Å². The van der Waals surface area contributed by atoms with Crippen LogP contribution in [-0.2, 0) is 26.2 Å². The number of benzene rings is 3. The number of halogens is 2. The summed E-state index contributed by atoms with van der Waals surface area (Å²) in [7, 11) is -2.84. The zero-order chi connectivity index (χ0) is 31.1. The SMILES string of the molecule is COc1ccc(Cl)cc1N(CC(=O)N(Cc1cccc(Br)c1)[C@H](C)C(=O)NC1CCCCC1)S(=O)(=O)c1ccc(C)cc1. The van der Waals surface area contributed by atoms with E-state index in [0.717, 1.165) is 52.0 Å². The zero-order valence-corrected chi connectivity index (χ0v) is 27.7. The predicted octanol–water partition coefficient (Wildman–Crippen LogP) is 6.48. The van der Waals surface area contributed by atoms with Gasteiger partial charge in [-0.1, -0.05) is 76.6 Å². The number of amides is 2. The summed E-state index contributed by atoms with van der Waals surface area (Å²) in [5.74, 6) is -0.595. The van der Waals surface area contributed by atoms with Crippen molar-refractivity contribution in [3.05, 3.63) is 87.4 Å². The topological polar surface area (TPSA) is 96.0 Å². The number of methoxy groups -OCH3 is 1. The lowest BCUT2D eigenvalue weighted by Crippen LogP contribution is -2.53. The molecule has 0 saturated heterocycles. The molecule has 3 aromatic carbocycles. The lowest BCUT2D eigenvalue weighted by atomic mass is 9.95. The molecule has 2 amide bonds. The van der Waals surface area contributed by atoms with Gasteiger partial charge in [-0.15, -0.1) is 0 Å². The quantitative estimate of drug-likeness (QED) is 0.249. The fourth-order valence-electron chi connectivity index (χ4n) is 5.19.